The quantitative estimate of drug-likeness (QED) is 0.763. The first-order chi connectivity index (χ1) is 8.81. The van der Waals surface area contributed by atoms with Gasteiger partial charge in [-0.3, -0.25) is 9.69 Å². The Kier molecular flexibility index (Phi) is 5.48. The van der Waals surface area contributed by atoms with Gasteiger partial charge in [0.25, 0.3) is 0 Å². The van der Waals surface area contributed by atoms with Crippen molar-refractivity contribution in [2.24, 2.45) is 5.92 Å². The van der Waals surface area contributed by atoms with E-state index in [9.17, 15) is 4.79 Å². The van der Waals surface area contributed by atoms with E-state index in [0.717, 1.165) is 31.8 Å². The highest BCUT2D eigenvalue weighted by Gasteiger charge is 2.33. The van der Waals surface area contributed by atoms with Crippen LogP contribution >= 0.6 is 0 Å². The molecule has 3 nitrogen and oxygen atoms in total. The lowest BCUT2D eigenvalue weighted by atomic mass is 9.78. The molecule has 1 N–H and O–H groups in total. The number of fused-ring (bicyclic) bond motifs is 1. The molecule has 2 atom stereocenters. The van der Waals surface area contributed by atoms with Crippen LogP contribution in [0.4, 0.5) is 0 Å². The molecule has 2 fully saturated rings. The summed E-state index contributed by atoms with van der Waals surface area (Å²) in [5, 5.41) is 3.05. The van der Waals surface area contributed by atoms with Crippen molar-refractivity contribution in [2.45, 2.75) is 64.3 Å². The van der Waals surface area contributed by atoms with Crippen LogP contribution in [0.2, 0.25) is 0 Å². The van der Waals surface area contributed by atoms with Crippen molar-refractivity contribution in [1.29, 1.82) is 0 Å². The Morgan fingerprint density at radius 2 is 2.00 bits per heavy atom. The summed E-state index contributed by atoms with van der Waals surface area (Å²) in [6, 6.07) is 0.699. The highest BCUT2D eigenvalue weighted by Crippen LogP contribution is 2.34. The van der Waals surface area contributed by atoms with Gasteiger partial charge < -0.3 is 5.32 Å². The highest BCUT2D eigenvalue weighted by molar-refractivity contribution is 5.78. The Hall–Kier alpha value is -0.570. The second-order valence-corrected chi connectivity index (χ2v) is 5.93. The minimum atomic E-state index is 0.231. The minimum absolute atomic E-state index is 0.231. The SMILES string of the molecule is CCCCNC(=O)CN1CCCC2CCCCC21. The zero-order valence-electron chi connectivity index (χ0n) is 11.8. The first-order valence-corrected chi connectivity index (χ1v) is 7.82. The fourth-order valence-corrected chi connectivity index (χ4v) is 3.57. The minimum Gasteiger partial charge on any atom is -0.355 e. The van der Waals surface area contributed by atoms with Crippen LogP contribution in [-0.4, -0.2) is 36.5 Å². The summed E-state index contributed by atoms with van der Waals surface area (Å²) in [6.45, 7) is 4.76. The van der Waals surface area contributed by atoms with Gasteiger partial charge in [-0.25, -0.2) is 0 Å². The average molecular weight is 252 g/mol. The Bertz CT molecular complexity index is 265. The second-order valence-electron chi connectivity index (χ2n) is 5.93. The number of nitrogens with zero attached hydrogens (tertiary/aromatic N) is 1. The molecule has 2 aliphatic rings. The van der Waals surface area contributed by atoms with E-state index < -0.39 is 0 Å². The second kappa shape index (κ2) is 7.13. The number of carbonyl (C=O) groups excluding carboxylic acids is 1. The van der Waals surface area contributed by atoms with Gasteiger partial charge >= 0.3 is 0 Å². The summed E-state index contributed by atoms with van der Waals surface area (Å²) in [5.74, 6) is 1.10. The molecule has 104 valence electrons. The lowest BCUT2D eigenvalue weighted by Crippen LogP contribution is -2.50. The normalized spacial score (nSPS) is 28.7. The number of nitrogens with one attached hydrogen (secondary N) is 1. The van der Waals surface area contributed by atoms with E-state index in [-0.39, 0.29) is 5.91 Å². The van der Waals surface area contributed by atoms with Gasteiger partial charge in [-0.15, -0.1) is 0 Å². The smallest absolute Gasteiger partial charge is 0.234 e. The first-order valence-electron chi connectivity index (χ1n) is 7.82. The molecule has 1 aliphatic carbocycles. The van der Waals surface area contributed by atoms with Crippen LogP contribution in [0.1, 0.15) is 58.3 Å². The molecular formula is C15H28N2O. The molecule has 1 saturated heterocycles. The van der Waals surface area contributed by atoms with E-state index in [1.54, 1.807) is 0 Å². The zero-order chi connectivity index (χ0) is 12.8. The number of hydrogen-bond acceptors (Lipinski definition) is 2. The predicted molar refractivity (Wildman–Crippen MR) is 74.5 cm³/mol. The monoisotopic (exact) mass is 252 g/mol. The highest BCUT2D eigenvalue weighted by atomic mass is 16.2. The molecule has 1 aliphatic heterocycles. The van der Waals surface area contributed by atoms with Gasteiger partial charge in [0.1, 0.15) is 0 Å². The molecule has 0 aromatic carbocycles. The number of rotatable bonds is 5. The molecule has 2 unspecified atom stereocenters. The number of piperidine rings is 1. The number of likely N-dealkylation sites (tertiary alicyclic amines) is 1. The summed E-state index contributed by atoms with van der Waals surface area (Å²) in [7, 11) is 0. The van der Waals surface area contributed by atoms with Crippen LogP contribution < -0.4 is 5.32 Å². The van der Waals surface area contributed by atoms with Crippen molar-refractivity contribution in [2.75, 3.05) is 19.6 Å². The van der Waals surface area contributed by atoms with Crippen LogP contribution in [0.25, 0.3) is 0 Å². The van der Waals surface area contributed by atoms with Crippen molar-refractivity contribution in [3.05, 3.63) is 0 Å². The summed E-state index contributed by atoms with van der Waals surface area (Å²) in [5.41, 5.74) is 0. The van der Waals surface area contributed by atoms with Gasteiger partial charge in [-0.05, 0) is 44.6 Å². The predicted octanol–water partition coefficient (Wildman–Crippen LogP) is 2.56. The molecule has 3 heteroatoms. The van der Waals surface area contributed by atoms with E-state index >= 15 is 0 Å². The number of carbonyl (C=O) groups is 1. The van der Waals surface area contributed by atoms with Crippen LogP contribution in [0.5, 0.6) is 0 Å². The molecule has 0 radical (unpaired) electrons. The standard InChI is InChI=1S/C15H28N2O/c1-2-3-10-16-15(18)12-17-11-6-8-13-7-4-5-9-14(13)17/h13-14H,2-12H2,1H3,(H,16,18). The van der Waals surface area contributed by atoms with E-state index in [0.29, 0.717) is 12.6 Å². The van der Waals surface area contributed by atoms with Gasteiger partial charge in [0, 0.05) is 12.6 Å². The fraction of sp³-hybridized carbons (Fsp3) is 0.933. The maximum Gasteiger partial charge on any atom is 0.234 e. The third-order valence-corrected chi connectivity index (χ3v) is 4.56. The Balaban J connectivity index is 1.78. The summed E-state index contributed by atoms with van der Waals surface area (Å²) in [6.07, 6.45) is 10.4. The van der Waals surface area contributed by atoms with E-state index in [1.165, 1.54) is 38.5 Å². The Morgan fingerprint density at radius 1 is 1.22 bits per heavy atom. The molecule has 0 spiro atoms. The molecule has 1 amide bonds. The summed E-state index contributed by atoms with van der Waals surface area (Å²) in [4.78, 5) is 14.4. The van der Waals surface area contributed by atoms with E-state index in [1.807, 2.05) is 0 Å². The van der Waals surface area contributed by atoms with Gasteiger partial charge in [0.2, 0.25) is 5.91 Å². The first kappa shape index (κ1) is 13.9. The van der Waals surface area contributed by atoms with Crippen LogP contribution in [0.3, 0.4) is 0 Å². The number of unbranched alkanes of at least 4 members (excludes halogenated alkanes) is 1. The van der Waals surface area contributed by atoms with Gasteiger partial charge in [0.05, 0.1) is 6.54 Å². The van der Waals surface area contributed by atoms with Gasteiger partial charge in [0.15, 0.2) is 0 Å². The lowest BCUT2D eigenvalue weighted by Gasteiger charge is -2.43. The van der Waals surface area contributed by atoms with Crippen LogP contribution in [0, 0.1) is 5.92 Å². The van der Waals surface area contributed by atoms with Crippen molar-refractivity contribution in [3.8, 4) is 0 Å². The lowest BCUT2D eigenvalue weighted by molar-refractivity contribution is -0.123. The number of amides is 1. The molecule has 0 aromatic rings. The molecule has 18 heavy (non-hydrogen) atoms. The van der Waals surface area contributed by atoms with Crippen LogP contribution in [-0.2, 0) is 4.79 Å². The molecule has 2 rings (SSSR count). The molecule has 0 aromatic heterocycles. The maximum absolute atomic E-state index is 11.9. The largest absolute Gasteiger partial charge is 0.355 e. The average Bonchev–Trinajstić information content (AvgIpc) is 2.39. The third kappa shape index (κ3) is 3.71. The van der Waals surface area contributed by atoms with E-state index in [2.05, 4.69) is 17.1 Å². The van der Waals surface area contributed by atoms with Gasteiger partial charge in [-0.2, -0.15) is 0 Å². The fourth-order valence-electron chi connectivity index (χ4n) is 3.57. The van der Waals surface area contributed by atoms with Crippen molar-refractivity contribution in [3.63, 3.8) is 0 Å². The maximum atomic E-state index is 11.9. The van der Waals surface area contributed by atoms with Crippen molar-refractivity contribution in [1.82, 2.24) is 10.2 Å². The summed E-state index contributed by atoms with van der Waals surface area (Å²) < 4.78 is 0. The topological polar surface area (TPSA) is 32.3 Å². The Labute approximate surface area is 111 Å². The molecule has 0 bridgehead atoms. The zero-order valence-corrected chi connectivity index (χ0v) is 11.8. The van der Waals surface area contributed by atoms with Crippen molar-refractivity contribution < 1.29 is 4.79 Å². The number of hydrogen-bond donors (Lipinski definition) is 1. The molecular weight excluding hydrogens is 224 g/mol. The van der Waals surface area contributed by atoms with E-state index in [4.69, 9.17) is 0 Å². The summed E-state index contributed by atoms with van der Waals surface area (Å²) >= 11 is 0. The third-order valence-electron chi connectivity index (χ3n) is 4.56. The van der Waals surface area contributed by atoms with Crippen LogP contribution in [0.15, 0.2) is 0 Å². The Morgan fingerprint density at radius 3 is 2.83 bits per heavy atom. The van der Waals surface area contributed by atoms with Gasteiger partial charge in [-0.1, -0.05) is 26.2 Å². The molecule has 1 saturated carbocycles. The van der Waals surface area contributed by atoms with Crippen molar-refractivity contribution >= 4 is 5.91 Å². The molecule has 1 heterocycles.